The van der Waals surface area contributed by atoms with Gasteiger partial charge in [0.2, 0.25) is 0 Å². The number of benzene rings is 2. The van der Waals surface area contributed by atoms with E-state index in [9.17, 15) is 9.18 Å². The molecule has 0 aliphatic rings. The van der Waals surface area contributed by atoms with E-state index in [1.807, 2.05) is 24.4 Å². The molecule has 0 saturated heterocycles. The Labute approximate surface area is 109 Å². The highest BCUT2D eigenvalue weighted by Gasteiger charge is 2.07. The van der Waals surface area contributed by atoms with Gasteiger partial charge in [-0.1, -0.05) is 6.07 Å². The molecule has 0 fully saturated rings. The molecule has 19 heavy (non-hydrogen) atoms. The summed E-state index contributed by atoms with van der Waals surface area (Å²) in [4.78, 5) is 15.0. The summed E-state index contributed by atoms with van der Waals surface area (Å²) in [5.74, 6) is -0.747. The number of hydrogen-bond donors (Lipinski definition) is 2. The maximum absolute atomic E-state index is 13.0. The Morgan fingerprint density at radius 2 is 2.00 bits per heavy atom. The van der Waals surface area contributed by atoms with Crippen molar-refractivity contribution < 1.29 is 9.18 Å². The van der Waals surface area contributed by atoms with Crippen molar-refractivity contribution in [2.24, 2.45) is 0 Å². The lowest BCUT2D eigenvalue weighted by molar-refractivity contribution is 0.102. The monoisotopic (exact) mass is 254 g/mol. The SMILES string of the molecule is O=C(Nc1ccc2[nH]ccc2c1)c1cccc(F)c1. The molecule has 4 heteroatoms. The summed E-state index contributed by atoms with van der Waals surface area (Å²) >= 11 is 0. The smallest absolute Gasteiger partial charge is 0.255 e. The molecule has 2 aromatic carbocycles. The molecule has 1 amide bonds. The fourth-order valence-corrected chi connectivity index (χ4v) is 1.96. The number of H-pyrrole nitrogens is 1. The second kappa shape index (κ2) is 4.57. The third kappa shape index (κ3) is 2.33. The third-order valence-corrected chi connectivity index (χ3v) is 2.90. The van der Waals surface area contributed by atoms with Crippen molar-refractivity contribution in [3.63, 3.8) is 0 Å². The van der Waals surface area contributed by atoms with E-state index in [0.717, 1.165) is 10.9 Å². The third-order valence-electron chi connectivity index (χ3n) is 2.90. The molecule has 3 nitrogen and oxygen atoms in total. The molecule has 0 radical (unpaired) electrons. The zero-order valence-electron chi connectivity index (χ0n) is 9.98. The number of hydrogen-bond acceptors (Lipinski definition) is 1. The van der Waals surface area contributed by atoms with Gasteiger partial charge in [0, 0.05) is 28.4 Å². The minimum atomic E-state index is -0.422. The molecular weight excluding hydrogens is 243 g/mol. The van der Waals surface area contributed by atoms with Gasteiger partial charge in [-0.3, -0.25) is 4.79 Å². The molecule has 1 aromatic heterocycles. The van der Waals surface area contributed by atoms with Crippen LogP contribution in [-0.4, -0.2) is 10.9 Å². The minimum Gasteiger partial charge on any atom is -0.361 e. The Kier molecular flexibility index (Phi) is 2.76. The van der Waals surface area contributed by atoms with Crippen LogP contribution < -0.4 is 5.32 Å². The van der Waals surface area contributed by atoms with E-state index < -0.39 is 5.82 Å². The van der Waals surface area contributed by atoms with Gasteiger partial charge in [0.15, 0.2) is 0 Å². The number of amides is 1. The fourth-order valence-electron chi connectivity index (χ4n) is 1.96. The van der Waals surface area contributed by atoms with Crippen molar-refractivity contribution in [3.05, 3.63) is 66.1 Å². The molecule has 0 bridgehead atoms. The van der Waals surface area contributed by atoms with Crippen molar-refractivity contribution in [3.8, 4) is 0 Å². The second-order valence-corrected chi connectivity index (χ2v) is 4.24. The van der Waals surface area contributed by atoms with Crippen LogP contribution in [0.15, 0.2) is 54.7 Å². The Balaban J connectivity index is 1.86. The highest BCUT2D eigenvalue weighted by atomic mass is 19.1. The highest BCUT2D eigenvalue weighted by molar-refractivity contribution is 6.05. The van der Waals surface area contributed by atoms with Crippen LogP contribution in [-0.2, 0) is 0 Å². The van der Waals surface area contributed by atoms with Gasteiger partial charge in [0.1, 0.15) is 5.82 Å². The molecule has 2 N–H and O–H groups in total. The zero-order chi connectivity index (χ0) is 13.2. The summed E-state index contributed by atoms with van der Waals surface area (Å²) in [6, 6.07) is 13.1. The largest absolute Gasteiger partial charge is 0.361 e. The van der Waals surface area contributed by atoms with E-state index in [0.29, 0.717) is 11.3 Å². The van der Waals surface area contributed by atoms with Crippen LogP contribution in [0.25, 0.3) is 10.9 Å². The number of aromatic nitrogens is 1. The van der Waals surface area contributed by atoms with E-state index in [1.165, 1.54) is 18.2 Å². The molecular formula is C15H11FN2O. The van der Waals surface area contributed by atoms with Crippen molar-refractivity contribution in [1.82, 2.24) is 4.98 Å². The maximum Gasteiger partial charge on any atom is 0.255 e. The molecule has 0 saturated carbocycles. The van der Waals surface area contributed by atoms with Crippen molar-refractivity contribution in [2.75, 3.05) is 5.32 Å². The van der Waals surface area contributed by atoms with E-state index in [1.54, 1.807) is 12.1 Å². The maximum atomic E-state index is 13.0. The van der Waals surface area contributed by atoms with Gasteiger partial charge in [0.05, 0.1) is 0 Å². The first kappa shape index (κ1) is 11.5. The number of fused-ring (bicyclic) bond motifs is 1. The molecule has 3 aromatic rings. The topological polar surface area (TPSA) is 44.9 Å². The van der Waals surface area contributed by atoms with Gasteiger partial charge in [-0.25, -0.2) is 4.39 Å². The summed E-state index contributed by atoms with van der Waals surface area (Å²) in [6.45, 7) is 0. The number of anilines is 1. The van der Waals surface area contributed by atoms with Crippen LogP contribution in [0.4, 0.5) is 10.1 Å². The lowest BCUT2D eigenvalue weighted by Gasteiger charge is -2.05. The zero-order valence-corrected chi connectivity index (χ0v) is 9.98. The molecule has 0 atom stereocenters. The van der Waals surface area contributed by atoms with Crippen molar-refractivity contribution in [1.29, 1.82) is 0 Å². The van der Waals surface area contributed by atoms with Crippen LogP contribution >= 0.6 is 0 Å². The number of nitrogens with one attached hydrogen (secondary N) is 2. The van der Waals surface area contributed by atoms with Crippen LogP contribution in [0.1, 0.15) is 10.4 Å². The molecule has 0 aliphatic heterocycles. The first-order valence-electron chi connectivity index (χ1n) is 5.86. The molecule has 0 unspecified atom stereocenters. The van der Waals surface area contributed by atoms with E-state index in [4.69, 9.17) is 0 Å². The van der Waals surface area contributed by atoms with Crippen LogP contribution in [0, 0.1) is 5.82 Å². The Bertz CT molecular complexity index is 748. The lowest BCUT2D eigenvalue weighted by Crippen LogP contribution is -2.11. The molecule has 0 spiro atoms. The summed E-state index contributed by atoms with van der Waals surface area (Å²) in [6.07, 6.45) is 1.84. The van der Waals surface area contributed by atoms with Gasteiger partial charge in [0.25, 0.3) is 5.91 Å². The quantitative estimate of drug-likeness (QED) is 0.721. The van der Waals surface area contributed by atoms with Gasteiger partial charge < -0.3 is 10.3 Å². The molecule has 3 rings (SSSR count). The Morgan fingerprint density at radius 3 is 2.84 bits per heavy atom. The number of rotatable bonds is 2. The highest BCUT2D eigenvalue weighted by Crippen LogP contribution is 2.18. The van der Waals surface area contributed by atoms with E-state index in [-0.39, 0.29) is 5.91 Å². The van der Waals surface area contributed by atoms with Gasteiger partial charge >= 0.3 is 0 Å². The number of aromatic amines is 1. The number of carbonyl (C=O) groups excluding carboxylic acids is 1. The Morgan fingerprint density at radius 1 is 1.11 bits per heavy atom. The average Bonchev–Trinajstić information content (AvgIpc) is 2.86. The standard InChI is InChI=1S/C15H11FN2O/c16-12-3-1-2-11(8-12)15(19)18-13-4-5-14-10(9-13)6-7-17-14/h1-9,17H,(H,18,19). The molecule has 0 aliphatic carbocycles. The predicted octanol–water partition coefficient (Wildman–Crippen LogP) is 3.56. The van der Waals surface area contributed by atoms with Gasteiger partial charge in [-0.2, -0.15) is 0 Å². The number of halogens is 1. The Hall–Kier alpha value is -2.62. The van der Waals surface area contributed by atoms with E-state index >= 15 is 0 Å². The minimum absolute atomic E-state index is 0.300. The van der Waals surface area contributed by atoms with Crippen molar-refractivity contribution in [2.45, 2.75) is 0 Å². The summed E-state index contributed by atoms with van der Waals surface area (Å²) < 4.78 is 13.0. The first-order chi connectivity index (χ1) is 9.22. The van der Waals surface area contributed by atoms with Crippen LogP contribution in [0.3, 0.4) is 0 Å². The number of carbonyl (C=O) groups is 1. The molecule has 94 valence electrons. The summed E-state index contributed by atoms with van der Waals surface area (Å²) in [5.41, 5.74) is 1.99. The van der Waals surface area contributed by atoms with Crippen molar-refractivity contribution >= 4 is 22.5 Å². The first-order valence-corrected chi connectivity index (χ1v) is 5.86. The average molecular weight is 254 g/mol. The normalized spacial score (nSPS) is 10.6. The summed E-state index contributed by atoms with van der Waals surface area (Å²) in [7, 11) is 0. The van der Waals surface area contributed by atoms with Crippen LogP contribution in [0.2, 0.25) is 0 Å². The second-order valence-electron chi connectivity index (χ2n) is 4.24. The van der Waals surface area contributed by atoms with Gasteiger partial charge in [-0.05, 0) is 42.5 Å². The predicted molar refractivity (Wildman–Crippen MR) is 72.7 cm³/mol. The van der Waals surface area contributed by atoms with E-state index in [2.05, 4.69) is 10.3 Å². The summed E-state index contributed by atoms with van der Waals surface area (Å²) in [5, 5.41) is 3.76. The lowest BCUT2D eigenvalue weighted by atomic mass is 10.2. The van der Waals surface area contributed by atoms with Gasteiger partial charge in [-0.15, -0.1) is 0 Å². The fraction of sp³-hybridized carbons (Fsp3) is 0. The molecule has 1 heterocycles. The van der Waals surface area contributed by atoms with Crippen LogP contribution in [0.5, 0.6) is 0 Å².